The van der Waals surface area contributed by atoms with E-state index in [1.165, 1.54) is 6.33 Å². The SMILES string of the molecule is Cc1ccccc1C(=O)NNc1ncnc(N(Cc2ccccc2)c2ccccn2)c1N. The molecule has 8 nitrogen and oxygen atoms in total. The second kappa shape index (κ2) is 9.57. The summed E-state index contributed by atoms with van der Waals surface area (Å²) < 4.78 is 0. The zero-order valence-electron chi connectivity index (χ0n) is 17.6. The molecule has 2 aromatic heterocycles. The molecule has 32 heavy (non-hydrogen) atoms. The average Bonchev–Trinajstić information content (AvgIpc) is 2.83. The van der Waals surface area contributed by atoms with Crippen LogP contribution in [0.25, 0.3) is 0 Å². The number of amides is 1. The number of aromatic nitrogens is 3. The van der Waals surface area contributed by atoms with Crippen molar-refractivity contribution in [2.45, 2.75) is 13.5 Å². The Kier molecular flexibility index (Phi) is 6.22. The minimum absolute atomic E-state index is 0.284. The van der Waals surface area contributed by atoms with Crippen molar-refractivity contribution < 1.29 is 4.79 Å². The standard InChI is InChI=1S/C24H23N7O/c1-17-9-5-6-12-19(17)24(32)30-29-22-21(25)23(28-16-27-22)31(20-13-7-8-14-26-20)15-18-10-3-2-4-11-18/h2-14,16H,15,25H2,1H3,(H,30,32)(H,27,28,29). The highest BCUT2D eigenvalue weighted by molar-refractivity contribution is 5.96. The van der Waals surface area contributed by atoms with Gasteiger partial charge in [0, 0.05) is 11.8 Å². The number of benzene rings is 2. The zero-order valence-corrected chi connectivity index (χ0v) is 17.6. The van der Waals surface area contributed by atoms with Gasteiger partial charge in [-0.25, -0.2) is 15.0 Å². The number of nitrogens with two attached hydrogens (primary N) is 1. The van der Waals surface area contributed by atoms with Gasteiger partial charge in [0.2, 0.25) is 0 Å². The van der Waals surface area contributed by atoms with E-state index in [0.717, 1.165) is 11.1 Å². The molecule has 0 unspecified atom stereocenters. The fourth-order valence-corrected chi connectivity index (χ4v) is 3.26. The molecular formula is C24H23N7O. The van der Waals surface area contributed by atoms with Gasteiger partial charge in [-0.2, -0.15) is 0 Å². The highest BCUT2D eigenvalue weighted by atomic mass is 16.2. The van der Waals surface area contributed by atoms with Crippen molar-refractivity contribution in [2.24, 2.45) is 0 Å². The van der Waals surface area contributed by atoms with Gasteiger partial charge in [0.25, 0.3) is 5.91 Å². The molecule has 8 heteroatoms. The van der Waals surface area contributed by atoms with E-state index in [1.54, 1.807) is 12.3 Å². The maximum atomic E-state index is 12.6. The van der Waals surface area contributed by atoms with Crippen LogP contribution in [0.3, 0.4) is 0 Å². The molecule has 0 aliphatic carbocycles. The van der Waals surface area contributed by atoms with Gasteiger partial charge in [0.1, 0.15) is 17.8 Å². The summed E-state index contributed by atoms with van der Waals surface area (Å²) in [6.45, 7) is 2.38. The molecule has 2 aromatic carbocycles. The van der Waals surface area contributed by atoms with Gasteiger partial charge in [-0.3, -0.25) is 15.6 Å². The van der Waals surface area contributed by atoms with E-state index >= 15 is 0 Å². The predicted molar refractivity (Wildman–Crippen MR) is 125 cm³/mol. The summed E-state index contributed by atoms with van der Waals surface area (Å²) in [5.41, 5.74) is 14.7. The summed E-state index contributed by atoms with van der Waals surface area (Å²) in [5, 5.41) is 0. The van der Waals surface area contributed by atoms with Gasteiger partial charge < -0.3 is 10.6 Å². The highest BCUT2D eigenvalue weighted by Crippen LogP contribution is 2.31. The normalized spacial score (nSPS) is 10.4. The maximum absolute atomic E-state index is 12.6. The summed E-state index contributed by atoms with van der Waals surface area (Å²) in [7, 11) is 0. The van der Waals surface area contributed by atoms with E-state index < -0.39 is 0 Å². The monoisotopic (exact) mass is 425 g/mol. The molecule has 0 saturated heterocycles. The van der Waals surface area contributed by atoms with Crippen LogP contribution >= 0.6 is 0 Å². The molecule has 160 valence electrons. The van der Waals surface area contributed by atoms with Crippen LogP contribution in [0.15, 0.2) is 85.3 Å². The number of nitrogen functional groups attached to an aromatic ring is 1. The van der Waals surface area contributed by atoms with E-state index in [0.29, 0.717) is 35.2 Å². The van der Waals surface area contributed by atoms with Gasteiger partial charge in [-0.05, 0) is 36.2 Å². The van der Waals surface area contributed by atoms with E-state index in [9.17, 15) is 4.79 Å². The number of nitrogens with one attached hydrogen (secondary N) is 2. The van der Waals surface area contributed by atoms with Crippen molar-refractivity contribution >= 4 is 29.0 Å². The Balaban J connectivity index is 1.61. The van der Waals surface area contributed by atoms with Crippen molar-refractivity contribution in [3.05, 3.63) is 102 Å². The second-order valence-corrected chi connectivity index (χ2v) is 7.11. The molecule has 4 rings (SSSR count). The quantitative estimate of drug-likeness (QED) is 0.386. The van der Waals surface area contributed by atoms with Gasteiger partial charge in [0.15, 0.2) is 11.6 Å². The van der Waals surface area contributed by atoms with Crippen LogP contribution in [0.1, 0.15) is 21.5 Å². The number of pyridine rings is 1. The molecule has 0 aliphatic heterocycles. The van der Waals surface area contributed by atoms with Crippen LogP contribution < -0.4 is 21.5 Å². The van der Waals surface area contributed by atoms with E-state index in [4.69, 9.17) is 5.73 Å². The first-order valence-electron chi connectivity index (χ1n) is 10.1. The Morgan fingerprint density at radius 1 is 0.938 bits per heavy atom. The molecule has 0 radical (unpaired) electrons. The minimum atomic E-state index is -0.284. The third kappa shape index (κ3) is 4.65. The Hall–Kier alpha value is -4.46. The number of hydrogen-bond donors (Lipinski definition) is 3. The van der Waals surface area contributed by atoms with E-state index in [2.05, 4.69) is 25.8 Å². The number of aryl methyl sites for hydroxylation is 1. The number of nitrogens with zero attached hydrogens (tertiary/aromatic N) is 4. The van der Waals surface area contributed by atoms with Gasteiger partial charge in [0.05, 0.1) is 6.54 Å². The number of carbonyl (C=O) groups excluding carboxylic acids is 1. The molecule has 4 N–H and O–H groups in total. The van der Waals surface area contributed by atoms with E-state index in [-0.39, 0.29) is 5.91 Å². The lowest BCUT2D eigenvalue weighted by Gasteiger charge is -2.25. The molecule has 2 heterocycles. The maximum Gasteiger partial charge on any atom is 0.269 e. The Labute approximate surface area is 186 Å². The fraction of sp³-hybridized carbons (Fsp3) is 0.0833. The van der Waals surface area contributed by atoms with Crippen LogP contribution in [0.5, 0.6) is 0 Å². The van der Waals surface area contributed by atoms with Gasteiger partial charge in [-0.15, -0.1) is 0 Å². The number of carbonyl (C=O) groups is 1. The number of rotatable bonds is 7. The topological polar surface area (TPSA) is 109 Å². The summed E-state index contributed by atoms with van der Waals surface area (Å²) in [6.07, 6.45) is 3.11. The molecule has 0 bridgehead atoms. The van der Waals surface area contributed by atoms with Crippen molar-refractivity contribution in [3.63, 3.8) is 0 Å². The van der Waals surface area contributed by atoms with Gasteiger partial charge in [-0.1, -0.05) is 54.6 Å². The minimum Gasteiger partial charge on any atom is -0.393 e. The summed E-state index contributed by atoms with van der Waals surface area (Å²) in [5.74, 6) is 1.19. The van der Waals surface area contributed by atoms with Crippen molar-refractivity contribution in [3.8, 4) is 0 Å². The lowest BCUT2D eigenvalue weighted by Crippen LogP contribution is -2.31. The predicted octanol–water partition coefficient (Wildman–Crippen LogP) is 3.86. The third-order valence-corrected chi connectivity index (χ3v) is 4.91. The van der Waals surface area contributed by atoms with Crippen molar-refractivity contribution in [1.29, 1.82) is 0 Å². The molecule has 0 atom stereocenters. The third-order valence-electron chi connectivity index (χ3n) is 4.91. The molecular weight excluding hydrogens is 402 g/mol. The summed E-state index contributed by atoms with van der Waals surface area (Å²) in [4.78, 5) is 27.5. The molecule has 0 aliphatic rings. The smallest absolute Gasteiger partial charge is 0.269 e. The number of anilines is 4. The van der Waals surface area contributed by atoms with Crippen LogP contribution in [0.4, 0.5) is 23.1 Å². The molecule has 4 aromatic rings. The van der Waals surface area contributed by atoms with Crippen molar-refractivity contribution in [2.75, 3.05) is 16.1 Å². The number of hydrogen-bond acceptors (Lipinski definition) is 7. The molecule has 1 amide bonds. The lowest BCUT2D eigenvalue weighted by molar-refractivity contribution is 0.0962. The summed E-state index contributed by atoms with van der Waals surface area (Å²) in [6, 6.07) is 22.9. The fourth-order valence-electron chi connectivity index (χ4n) is 3.26. The van der Waals surface area contributed by atoms with Crippen LogP contribution in [-0.4, -0.2) is 20.9 Å². The number of hydrazine groups is 1. The second-order valence-electron chi connectivity index (χ2n) is 7.11. The molecule has 0 fully saturated rings. The van der Waals surface area contributed by atoms with Crippen molar-refractivity contribution in [1.82, 2.24) is 20.4 Å². The van der Waals surface area contributed by atoms with Crippen LogP contribution in [0, 0.1) is 6.92 Å². The molecule has 0 saturated carbocycles. The summed E-state index contributed by atoms with van der Waals surface area (Å²) >= 11 is 0. The average molecular weight is 425 g/mol. The first-order valence-corrected chi connectivity index (χ1v) is 10.1. The Bertz CT molecular complexity index is 1200. The molecule has 0 spiro atoms. The highest BCUT2D eigenvalue weighted by Gasteiger charge is 2.19. The zero-order chi connectivity index (χ0) is 22.3. The Morgan fingerprint density at radius 2 is 1.69 bits per heavy atom. The Morgan fingerprint density at radius 3 is 2.44 bits per heavy atom. The lowest BCUT2D eigenvalue weighted by atomic mass is 10.1. The largest absolute Gasteiger partial charge is 0.393 e. The first-order chi connectivity index (χ1) is 15.6. The van der Waals surface area contributed by atoms with Gasteiger partial charge >= 0.3 is 0 Å². The van der Waals surface area contributed by atoms with Crippen LogP contribution in [-0.2, 0) is 6.54 Å². The van der Waals surface area contributed by atoms with Crippen LogP contribution in [0.2, 0.25) is 0 Å². The van der Waals surface area contributed by atoms with E-state index in [1.807, 2.05) is 78.6 Å². The first kappa shape index (κ1) is 20.8.